The second kappa shape index (κ2) is 21.5. The van der Waals surface area contributed by atoms with Crippen LogP contribution in [0.3, 0.4) is 0 Å². The molecule has 14 atom stereocenters. The van der Waals surface area contributed by atoms with Crippen LogP contribution in [0.5, 0.6) is 0 Å². The fourth-order valence-corrected chi connectivity index (χ4v) is 9.56. The zero-order chi connectivity index (χ0) is 45.5. The highest BCUT2D eigenvalue weighted by molar-refractivity contribution is 5.84. The molecule has 3 aliphatic rings. The molecule has 1 amide bonds. The van der Waals surface area contributed by atoms with Gasteiger partial charge in [-0.15, -0.1) is 5.10 Å². The normalized spacial score (nSPS) is 36.0. The summed E-state index contributed by atoms with van der Waals surface area (Å²) in [6.45, 7) is 12.8. The number of aliphatic hydroxyl groups excluding tert-OH is 3. The van der Waals surface area contributed by atoms with Gasteiger partial charge in [0, 0.05) is 48.9 Å². The van der Waals surface area contributed by atoms with Gasteiger partial charge in [-0.05, 0) is 72.4 Å². The van der Waals surface area contributed by atoms with E-state index >= 15 is 0 Å². The molecule has 0 spiro atoms. The van der Waals surface area contributed by atoms with Crippen molar-refractivity contribution in [2.75, 3.05) is 13.7 Å². The number of benzene rings is 1. The van der Waals surface area contributed by atoms with Crippen molar-refractivity contribution in [3.8, 4) is 11.3 Å². The number of hydrogen-bond acceptors (Lipinski definition) is 15. The van der Waals surface area contributed by atoms with Gasteiger partial charge in [-0.25, -0.2) is 5.48 Å². The van der Waals surface area contributed by atoms with Crippen molar-refractivity contribution in [1.29, 1.82) is 0 Å². The first-order valence-electron chi connectivity index (χ1n) is 22.4. The molecule has 17 heteroatoms. The van der Waals surface area contributed by atoms with Crippen LogP contribution in [0.25, 0.3) is 11.3 Å². The van der Waals surface area contributed by atoms with E-state index in [0.29, 0.717) is 19.4 Å². The molecule has 0 unspecified atom stereocenters. The van der Waals surface area contributed by atoms with Crippen LogP contribution in [0.1, 0.15) is 112 Å². The first-order chi connectivity index (χ1) is 29.3. The number of ether oxygens (including phenoxy) is 4. The average Bonchev–Trinajstić information content (AvgIpc) is 3.90. The number of hydroxylamine groups is 1. The lowest BCUT2D eigenvalue weighted by Crippen LogP contribution is -2.59. The summed E-state index contributed by atoms with van der Waals surface area (Å²) in [6, 6.07) is 7.66. The number of hydrogen-bond donors (Lipinski definition) is 6. The molecule has 2 aromatic rings. The van der Waals surface area contributed by atoms with Crippen molar-refractivity contribution in [3.05, 3.63) is 36.0 Å². The van der Waals surface area contributed by atoms with E-state index in [1.165, 1.54) is 13.8 Å². The number of fused-ring (bicyclic) bond motifs is 2. The van der Waals surface area contributed by atoms with E-state index < -0.39 is 77.7 Å². The number of likely N-dealkylation sites (N-methyl/N-ethyl adjacent to an activating group) is 1. The van der Waals surface area contributed by atoms with Gasteiger partial charge in [-0.3, -0.25) is 29.2 Å². The van der Waals surface area contributed by atoms with Crippen LogP contribution in [-0.4, -0.2) is 137 Å². The molecule has 348 valence electrons. The maximum Gasteiger partial charge on any atom is 0.311 e. The lowest BCUT2D eigenvalue weighted by molar-refractivity contribution is -0.299. The standard InChI is InChI=1S/C45H71N5O12/c1-9-35-45(7,57)40(55)27(3)38(53)32-22-44(6,59-25-32)41(28(4)37(52)29(5)42(56)61-35)62-43-39(54)34(21-26(2)60-43)49(8)23-30-16-18-31(19-17-30)33-24-50(48-46-33)20-14-12-10-11-13-15-36(51)47-58/h16-19,24,26-29,32,34-35,37,39-41,43,52,54-55,57-58H,9-15,20-23,25H2,1-8H3,(H,47,51)/t26-,27+,28+,29-,32+,34+,35-,37+,39-,40-,41-,43+,44-,45-/m1/s1. The predicted octanol–water partition coefficient (Wildman–Crippen LogP) is 3.55. The van der Waals surface area contributed by atoms with Gasteiger partial charge in [0.15, 0.2) is 6.29 Å². The Balaban J connectivity index is 1.25. The highest BCUT2D eigenvalue weighted by atomic mass is 16.7. The number of aromatic nitrogens is 3. The minimum Gasteiger partial charge on any atom is -0.459 e. The Morgan fingerprint density at radius 3 is 2.35 bits per heavy atom. The van der Waals surface area contributed by atoms with Crippen LogP contribution in [-0.2, 0) is 46.4 Å². The summed E-state index contributed by atoms with van der Waals surface area (Å²) in [5, 5.41) is 63.7. The Kier molecular flexibility index (Phi) is 17.2. The molecular formula is C45H71N5O12. The number of cyclic esters (lactones) is 1. The van der Waals surface area contributed by atoms with E-state index in [0.717, 1.165) is 55.5 Å². The van der Waals surface area contributed by atoms with E-state index in [1.807, 2.05) is 49.1 Å². The third-order valence-corrected chi connectivity index (χ3v) is 13.6. The number of rotatable bonds is 15. The van der Waals surface area contributed by atoms with Crippen LogP contribution >= 0.6 is 0 Å². The van der Waals surface area contributed by atoms with Gasteiger partial charge in [0.25, 0.3) is 0 Å². The van der Waals surface area contributed by atoms with Gasteiger partial charge in [0.1, 0.15) is 29.3 Å². The maximum absolute atomic E-state index is 13.9. The Hall–Kier alpha value is -3.39. The number of Topliss-reactive ketones (excluding diaryl/α,β-unsaturated/α-hetero) is 1. The molecule has 0 saturated carbocycles. The molecule has 0 radical (unpaired) electrons. The highest BCUT2D eigenvalue weighted by Gasteiger charge is 2.55. The van der Waals surface area contributed by atoms with Gasteiger partial charge in [-0.1, -0.05) is 69.5 Å². The maximum atomic E-state index is 13.9. The minimum atomic E-state index is -1.94. The molecule has 2 bridgehead atoms. The number of nitrogens with one attached hydrogen (secondary N) is 1. The zero-order valence-corrected chi connectivity index (χ0v) is 37.7. The topological polar surface area (TPSA) is 235 Å². The molecule has 4 heterocycles. The van der Waals surface area contributed by atoms with Gasteiger partial charge in [-0.2, -0.15) is 0 Å². The quantitative estimate of drug-likeness (QED) is 0.0650. The van der Waals surface area contributed by atoms with Crippen LogP contribution in [0.4, 0.5) is 0 Å². The molecule has 62 heavy (non-hydrogen) atoms. The van der Waals surface area contributed by atoms with Crippen LogP contribution < -0.4 is 5.48 Å². The van der Waals surface area contributed by atoms with E-state index in [9.17, 15) is 34.8 Å². The summed E-state index contributed by atoms with van der Waals surface area (Å²) in [5.41, 5.74) is 1.25. The molecule has 0 aliphatic carbocycles. The first-order valence-corrected chi connectivity index (χ1v) is 22.4. The van der Waals surface area contributed by atoms with Gasteiger partial charge in [0.05, 0.1) is 48.7 Å². The number of esters is 1. The average molecular weight is 874 g/mol. The smallest absolute Gasteiger partial charge is 0.311 e. The third kappa shape index (κ3) is 11.6. The Labute approximate surface area is 365 Å². The highest BCUT2D eigenvalue weighted by Crippen LogP contribution is 2.43. The lowest BCUT2D eigenvalue weighted by Gasteiger charge is -2.47. The summed E-state index contributed by atoms with van der Waals surface area (Å²) in [6.07, 6.45) is 0.124. The zero-order valence-electron chi connectivity index (χ0n) is 37.7. The molecule has 1 aromatic carbocycles. The van der Waals surface area contributed by atoms with E-state index in [4.69, 9.17) is 24.2 Å². The van der Waals surface area contributed by atoms with Crippen molar-refractivity contribution in [2.24, 2.45) is 23.7 Å². The fourth-order valence-electron chi connectivity index (χ4n) is 9.56. The van der Waals surface area contributed by atoms with E-state index in [-0.39, 0.29) is 43.3 Å². The number of ketones is 1. The Morgan fingerprint density at radius 1 is 1.00 bits per heavy atom. The van der Waals surface area contributed by atoms with Crippen LogP contribution in [0, 0.1) is 23.7 Å². The number of amides is 1. The van der Waals surface area contributed by atoms with Crippen molar-refractivity contribution >= 4 is 17.7 Å². The molecular weight excluding hydrogens is 803 g/mol. The molecule has 6 N–H and O–H groups in total. The van der Waals surface area contributed by atoms with E-state index in [2.05, 4.69) is 15.2 Å². The lowest BCUT2D eigenvalue weighted by atomic mass is 9.75. The molecule has 3 fully saturated rings. The van der Waals surface area contributed by atoms with Gasteiger partial charge >= 0.3 is 5.97 Å². The monoisotopic (exact) mass is 874 g/mol. The number of aryl methyl sites for hydroxylation is 1. The second-order valence-electron chi connectivity index (χ2n) is 18.6. The number of unbranched alkanes of at least 4 members (excludes halogenated alkanes) is 4. The fraction of sp³-hybridized carbons (Fsp3) is 0.756. The molecule has 3 saturated heterocycles. The summed E-state index contributed by atoms with van der Waals surface area (Å²) in [5.74, 6) is -4.97. The predicted molar refractivity (Wildman–Crippen MR) is 226 cm³/mol. The number of carbonyl (C=O) groups is 3. The van der Waals surface area contributed by atoms with Crippen molar-refractivity contribution in [2.45, 2.75) is 180 Å². The first kappa shape index (κ1) is 49.6. The molecule has 1 aromatic heterocycles. The van der Waals surface area contributed by atoms with E-state index in [1.54, 1.807) is 33.2 Å². The third-order valence-electron chi connectivity index (χ3n) is 13.6. The second-order valence-corrected chi connectivity index (χ2v) is 18.6. The van der Waals surface area contributed by atoms with Crippen LogP contribution in [0.2, 0.25) is 0 Å². The minimum absolute atomic E-state index is 0.0181. The summed E-state index contributed by atoms with van der Waals surface area (Å²) in [4.78, 5) is 40.6. The number of aliphatic hydroxyl groups is 4. The van der Waals surface area contributed by atoms with Gasteiger partial charge in [0.2, 0.25) is 5.91 Å². The SMILES string of the molecule is CC[C@H]1OC(=O)[C@H](C)[C@@H](O)[C@H](C)[C@@H](O[C@@H]2O[C@H](C)C[C@H](N(C)Cc3ccc(-c4cn(CCCCCCCC(=O)NO)nn4)cc3)[C@H]2O)[C@@]2(C)C[C@@H](CO2)C(=O)[C@H](C)[C@@H](O)[C@]1(C)O. The molecule has 5 rings (SSSR count). The molecule has 3 aliphatic heterocycles. The van der Waals surface area contributed by atoms with Crippen molar-refractivity contribution < 1.29 is 59.0 Å². The Bertz CT molecular complexity index is 1770. The largest absolute Gasteiger partial charge is 0.459 e. The summed E-state index contributed by atoms with van der Waals surface area (Å²) < 4.78 is 26.9. The van der Waals surface area contributed by atoms with Crippen LogP contribution in [0.15, 0.2) is 30.5 Å². The number of nitrogens with zero attached hydrogens (tertiary/aromatic N) is 4. The van der Waals surface area contributed by atoms with Crippen molar-refractivity contribution in [1.82, 2.24) is 25.4 Å². The Morgan fingerprint density at radius 2 is 1.68 bits per heavy atom. The summed E-state index contributed by atoms with van der Waals surface area (Å²) in [7, 11) is 1.93. The van der Waals surface area contributed by atoms with Crippen molar-refractivity contribution in [3.63, 3.8) is 0 Å². The molecule has 17 nitrogen and oxygen atoms in total. The number of carbonyl (C=O) groups excluding carboxylic acids is 3. The van der Waals surface area contributed by atoms with Gasteiger partial charge < -0.3 is 39.4 Å². The summed E-state index contributed by atoms with van der Waals surface area (Å²) >= 11 is 0.